The Balaban J connectivity index is 3.33. The van der Waals surface area contributed by atoms with Gasteiger partial charge in [0.1, 0.15) is 0 Å². The second-order valence-corrected chi connectivity index (χ2v) is 1.01. The molecule has 0 heterocycles. The predicted octanol–water partition coefficient (Wildman–Crippen LogP) is -1.05. The molecule has 0 spiro atoms. The van der Waals surface area contributed by atoms with Crippen LogP contribution < -0.4 is 5.48 Å². The number of hydrogen-bond donors (Lipinski definition) is 2. The lowest BCUT2D eigenvalue weighted by atomic mass is 10.7. The summed E-state index contributed by atoms with van der Waals surface area (Å²) in [5, 5.41) is 7.79. The van der Waals surface area contributed by atoms with Crippen LogP contribution in [-0.2, 0) is 9.63 Å². The lowest BCUT2D eigenvalue weighted by Crippen LogP contribution is -2.30. The van der Waals surface area contributed by atoms with Crippen LogP contribution in [0.5, 0.6) is 0 Å². The van der Waals surface area contributed by atoms with E-state index in [4.69, 9.17) is 5.11 Å². The summed E-state index contributed by atoms with van der Waals surface area (Å²) in [6, 6.07) is 0. The maximum atomic E-state index is 11.3. The van der Waals surface area contributed by atoms with Gasteiger partial charge in [-0.15, -0.1) is 0 Å². The van der Waals surface area contributed by atoms with Gasteiger partial charge in [-0.2, -0.15) is 0 Å². The van der Waals surface area contributed by atoms with Gasteiger partial charge in [-0.3, -0.25) is 9.63 Å². The van der Waals surface area contributed by atoms with Crippen LogP contribution in [0.2, 0.25) is 0 Å². The number of hydroxylamine groups is 1. The average molecular weight is 123 g/mol. The fourth-order valence-corrected chi connectivity index (χ4v) is 0.149. The fourth-order valence-electron chi connectivity index (χ4n) is 0.149. The minimum atomic E-state index is -2.50. The van der Waals surface area contributed by atoms with Gasteiger partial charge in [-0.25, -0.2) is 9.87 Å². The standard InChI is InChI=1S/C3H6FNO3/c1-8-5-3(7)2(4)6/h2,6H,1H3,(H,5,7). The molecule has 2 N–H and O–H groups in total. The summed E-state index contributed by atoms with van der Waals surface area (Å²) in [6.45, 7) is 0. The van der Waals surface area contributed by atoms with E-state index in [1.807, 2.05) is 0 Å². The van der Waals surface area contributed by atoms with Crippen molar-refractivity contribution in [3.05, 3.63) is 0 Å². The van der Waals surface area contributed by atoms with Gasteiger partial charge in [0.25, 0.3) is 6.36 Å². The van der Waals surface area contributed by atoms with Crippen molar-refractivity contribution in [1.82, 2.24) is 5.48 Å². The summed E-state index contributed by atoms with van der Waals surface area (Å²) >= 11 is 0. The van der Waals surface area contributed by atoms with Crippen molar-refractivity contribution < 1.29 is 19.1 Å². The Bertz CT molecular complexity index is 84.6. The molecule has 0 aromatic carbocycles. The van der Waals surface area contributed by atoms with E-state index in [9.17, 15) is 9.18 Å². The van der Waals surface area contributed by atoms with Crippen molar-refractivity contribution in [2.24, 2.45) is 0 Å². The average Bonchev–Trinajstić information content (AvgIpc) is 1.67. The molecule has 0 aromatic rings. The van der Waals surface area contributed by atoms with E-state index in [1.54, 1.807) is 5.48 Å². The molecule has 0 rings (SSSR count). The molecule has 48 valence electrons. The van der Waals surface area contributed by atoms with E-state index in [0.717, 1.165) is 7.11 Å². The molecular weight excluding hydrogens is 117 g/mol. The molecule has 0 saturated heterocycles. The first-order valence-corrected chi connectivity index (χ1v) is 1.83. The third kappa shape index (κ3) is 2.49. The van der Waals surface area contributed by atoms with Gasteiger partial charge in [0.15, 0.2) is 0 Å². The second-order valence-electron chi connectivity index (χ2n) is 1.01. The van der Waals surface area contributed by atoms with Gasteiger partial charge in [0.2, 0.25) is 0 Å². The van der Waals surface area contributed by atoms with Crippen LogP contribution in [0.4, 0.5) is 4.39 Å². The van der Waals surface area contributed by atoms with Crippen LogP contribution in [0.15, 0.2) is 0 Å². The third-order valence-electron chi connectivity index (χ3n) is 0.419. The van der Waals surface area contributed by atoms with Crippen LogP contribution in [0.25, 0.3) is 0 Å². The largest absolute Gasteiger partial charge is 0.357 e. The maximum Gasteiger partial charge on any atom is 0.305 e. The number of nitrogens with one attached hydrogen (secondary N) is 1. The molecule has 1 atom stereocenters. The number of hydrogen-bond acceptors (Lipinski definition) is 3. The highest BCUT2D eigenvalue weighted by molar-refractivity contribution is 5.77. The highest BCUT2D eigenvalue weighted by Crippen LogP contribution is 1.80. The van der Waals surface area contributed by atoms with Crippen molar-refractivity contribution in [2.75, 3.05) is 7.11 Å². The van der Waals surface area contributed by atoms with Crippen LogP contribution in [0.3, 0.4) is 0 Å². The minimum absolute atomic E-state index is 1.14. The molecule has 1 unspecified atom stereocenters. The molecule has 0 bridgehead atoms. The van der Waals surface area contributed by atoms with Gasteiger partial charge in [-0.05, 0) is 0 Å². The molecule has 0 aliphatic heterocycles. The lowest BCUT2D eigenvalue weighted by Gasteiger charge is -1.98. The third-order valence-corrected chi connectivity index (χ3v) is 0.419. The Labute approximate surface area is 45.2 Å². The predicted molar refractivity (Wildman–Crippen MR) is 22.3 cm³/mol. The molecule has 5 heteroatoms. The van der Waals surface area contributed by atoms with Gasteiger partial charge in [0.05, 0.1) is 7.11 Å². The molecule has 0 aliphatic rings. The van der Waals surface area contributed by atoms with Crippen LogP contribution >= 0.6 is 0 Å². The molecule has 0 aromatic heterocycles. The highest BCUT2D eigenvalue weighted by atomic mass is 19.1. The fraction of sp³-hybridized carbons (Fsp3) is 0.667. The Hall–Kier alpha value is -0.680. The zero-order valence-electron chi connectivity index (χ0n) is 4.22. The monoisotopic (exact) mass is 123 g/mol. The summed E-state index contributed by atoms with van der Waals surface area (Å²) < 4.78 is 11.3. The van der Waals surface area contributed by atoms with E-state index in [-0.39, 0.29) is 0 Å². The number of rotatable bonds is 2. The first-order valence-electron chi connectivity index (χ1n) is 1.83. The van der Waals surface area contributed by atoms with Crippen molar-refractivity contribution in [2.45, 2.75) is 6.36 Å². The van der Waals surface area contributed by atoms with Crippen LogP contribution in [-0.4, -0.2) is 24.5 Å². The summed E-state index contributed by atoms with van der Waals surface area (Å²) in [4.78, 5) is 13.8. The highest BCUT2D eigenvalue weighted by Gasteiger charge is 2.10. The van der Waals surface area contributed by atoms with Gasteiger partial charge in [0, 0.05) is 0 Å². The summed E-state index contributed by atoms with van der Waals surface area (Å²) in [7, 11) is 1.14. The molecule has 0 fully saturated rings. The van der Waals surface area contributed by atoms with E-state index in [0.29, 0.717) is 0 Å². The lowest BCUT2D eigenvalue weighted by molar-refractivity contribution is -0.148. The smallest absolute Gasteiger partial charge is 0.305 e. The molecule has 0 radical (unpaired) electrons. The van der Waals surface area contributed by atoms with Crippen LogP contribution in [0, 0.1) is 0 Å². The van der Waals surface area contributed by atoms with E-state index in [1.165, 1.54) is 0 Å². The van der Waals surface area contributed by atoms with Crippen molar-refractivity contribution >= 4 is 5.91 Å². The quantitative estimate of drug-likeness (QED) is 0.461. The Morgan fingerprint density at radius 2 is 2.50 bits per heavy atom. The molecule has 1 amide bonds. The maximum absolute atomic E-state index is 11.3. The number of carbonyl (C=O) groups excluding carboxylic acids is 1. The van der Waals surface area contributed by atoms with Gasteiger partial charge in [-0.1, -0.05) is 0 Å². The first-order chi connectivity index (χ1) is 3.68. The molecule has 0 saturated carbocycles. The topological polar surface area (TPSA) is 58.6 Å². The van der Waals surface area contributed by atoms with E-state index < -0.39 is 12.3 Å². The number of carbonyl (C=O) groups is 1. The number of aliphatic hydroxyl groups excluding tert-OH is 1. The molecule has 4 nitrogen and oxygen atoms in total. The van der Waals surface area contributed by atoms with Crippen LogP contribution in [0.1, 0.15) is 0 Å². The normalized spacial score (nSPS) is 12.9. The second kappa shape index (κ2) is 3.34. The first kappa shape index (κ1) is 7.32. The Morgan fingerprint density at radius 1 is 2.00 bits per heavy atom. The number of amides is 1. The number of aliphatic hydroxyl groups is 1. The van der Waals surface area contributed by atoms with Gasteiger partial charge >= 0.3 is 5.91 Å². The molecule has 8 heavy (non-hydrogen) atoms. The summed E-state index contributed by atoms with van der Waals surface area (Å²) in [5.41, 5.74) is 1.58. The van der Waals surface area contributed by atoms with Crippen molar-refractivity contribution in [1.29, 1.82) is 0 Å². The molecule has 0 aliphatic carbocycles. The van der Waals surface area contributed by atoms with Crippen molar-refractivity contribution in [3.8, 4) is 0 Å². The summed E-state index contributed by atoms with van der Waals surface area (Å²) in [5.74, 6) is -1.20. The Kier molecular flexibility index (Phi) is 3.05. The molecular formula is C3H6FNO3. The van der Waals surface area contributed by atoms with E-state index >= 15 is 0 Å². The SMILES string of the molecule is CONC(=O)C(O)F. The summed E-state index contributed by atoms with van der Waals surface area (Å²) in [6.07, 6.45) is -2.50. The Morgan fingerprint density at radius 3 is 2.62 bits per heavy atom. The zero-order chi connectivity index (χ0) is 6.57. The zero-order valence-corrected chi connectivity index (χ0v) is 4.22. The number of halogens is 1. The van der Waals surface area contributed by atoms with Gasteiger partial charge < -0.3 is 5.11 Å². The number of alkyl halides is 1. The van der Waals surface area contributed by atoms with Crippen molar-refractivity contribution in [3.63, 3.8) is 0 Å². The van der Waals surface area contributed by atoms with E-state index in [2.05, 4.69) is 4.84 Å². The minimum Gasteiger partial charge on any atom is -0.357 e.